The van der Waals surface area contributed by atoms with E-state index >= 15 is 0 Å². The highest BCUT2D eigenvalue weighted by atomic mass is 35.5. The van der Waals surface area contributed by atoms with E-state index in [1.807, 2.05) is 0 Å². The molecule has 0 aliphatic heterocycles. The summed E-state index contributed by atoms with van der Waals surface area (Å²) in [5.41, 5.74) is 1.25. The second kappa shape index (κ2) is 6.29. The number of nitrogens with zero attached hydrogens (tertiary/aromatic N) is 4. The summed E-state index contributed by atoms with van der Waals surface area (Å²) < 4.78 is 1.72. The molecule has 2 heterocycles. The molecule has 0 fully saturated rings. The van der Waals surface area contributed by atoms with E-state index in [4.69, 9.17) is 11.6 Å². The molecule has 100 valence electrons. The molecule has 0 aliphatic carbocycles. The van der Waals surface area contributed by atoms with Crippen molar-refractivity contribution in [2.75, 3.05) is 6.54 Å². The SMILES string of the molecule is Cc1cc(C(=O)NCCCn2ccnn2)cc(Cl)n1. The van der Waals surface area contributed by atoms with Gasteiger partial charge in [0.15, 0.2) is 0 Å². The maximum absolute atomic E-state index is 11.9. The molecule has 2 aromatic heterocycles. The highest BCUT2D eigenvalue weighted by Gasteiger charge is 2.07. The molecule has 0 aliphatic rings. The summed E-state index contributed by atoms with van der Waals surface area (Å²) in [6.45, 7) is 3.08. The van der Waals surface area contributed by atoms with Crippen molar-refractivity contribution in [1.82, 2.24) is 25.3 Å². The maximum atomic E-state index is 11.9. The third kappa shape index (κ3) is 4.03. The van der Waals surface area contributed by atoms with Gasteiger partial charge in [-0.25, -0.2) is 4.98 Å². The summed E-state index contributed by atoms with van der Waals surface area (Å²) in [5.74, 6) is -0.147. The molecular weight excluding hydrogens is 266 g/mol. The van der Waals surface area contributed by atoms with Crippen molar-refractivity contribution in [1.29, 1.82) is 0 Å². The van der Waals surface area contributed by atoms with Gasteiger partial charge < -0.3 is 5.32 Å². The van der Waals surface area contributed by atoms with Crippen molar-refractivity contribution in [2.24, 2.45) is 0 Å². The van der Waals surface area contributed by atoms with Crippen LogP contribution in [0.1, 0.15) is 22.5 Å². The lowest BCUT2D eigenvalue weighted by Crippen LogP contribution is -2.25. The molecule has 0 bridgehead atoms. The van der Waals surface area contributed by atoms with Crippen molar-refractivity contribution in [3.05, 3.63) is 40.9 Å². The molecule has 0 saturated heterocycles. The van der Waals surface area contributed by atoms with E-state index in [0.29, 0.717) is 17.3 Å². The molecule has 2 aromatic rings. The Morgan fingerprint density at radius 2 is 2.32 bits per heavy atom. The Kier molecular flexibility index (Phi) is 4.46. The van der Waals surface area contributed by atoms with Crippen LogP contribution in [0.3, 0.4) is 0 Å². The van der Waals surface area contributed by atoms with E-state index in [1.54, 1.807) is 36.1 Å². The van der Waals surface area contributed by atoms with Crippen molar-refractivity contribution in [3.63, 3.8) is 0 Å². The highest BCUT2D eigenvalue weighted by molar-refractivity contribution is 6.29. The standard InChI is InChI=1S/C12H14ClN5O/c1-9-7-10(8-11(13)16-9)12(19)14-3-2-5-18-6-4-15-17-18/h4,6-8H,2-3,5H2,1H3,(H,14,19). The Balaban J connectivity index is 1.80. The van der Waals surface area contributed by atoms with Gasteiger partial charge in [-0.2, -0.15) is 0 Å². The second-order valence-corrected chi connectivity index (χ2v) is 4.48. The zero-order valence-electron chi connectivity index (χ0n) is 10.5. The van der Waals surface area contributed by atoms with Crippen molar-refractivity contribution in [3.8, 4) is 0 Å². The smallest absolute Gasteiger partial charge is 0.251 e. The molecule has 0 spiro atoms. The Hall–Kier alpha value is -1.95. The van der Waals surface area contributed by atoms with Crippen LogP contribution in [-0.4, -0.2) is 32.4 Å². The van der Waals surface area contributed by atoms with Gasteiger partial charge in [0.2, 0.25) is 0 Å². The number of nitrogens with one attached hydrogen (secondary N) is 1. The fraction of sp³-hybridized carbons (Fsp3) is 0.333. The minimum Gasteiger partial charge on any atom is -0.352 e. The molecule has 19 heavy (non-hydrogen) atoms. The minimum atomic E-state index is -0.147. The monoisotopic (exact) mass is 279 g/mol. The molecule has 2 rings (SSSR count). The van der Waals surface area contributed by atoms with Gasteiger partial charge in [0, 0.05) is 30.5 Å². The predicted octanol–water partition coefficient (Wildman–Crippen LogP) is 1.46. The van der Waals surface area contributed by atoms with Crippen LogP contribution < -0.4 is 5.32 Å². The third-order valence-electron chi connectivity index (χ3n) is 2.51. The lowest BCUT2D eigenvalue weighted by molar-refractivity contribution is 0.0952. The first-order chi connectivity index (χ1) is 9.15. The number of rotatable bonds is 5. The molecule has 1 amide bonds. The molecule has 0 saturated carbocycles. The number of pyridine rings is 1. The van der Waals surface area contributed by atoms with E-state index in [0.717, 1.165) is 18.7 Å². The van der Waals surface area contributed by atoms with E-state index in [-0.39, 0.29) is 5.91 Å². The fourth-order valence-electron chi connectivity index (χ4n) is 1.66. The Labute approximate surface area is 115 Å². The molecule has 6 nitrogen and oxygen atoms in total. The van der Waals surface area contributed by atoms with Crippen molar-refractivity contribution < 1.29 is 4.79 Å². The number of hydrogen-bond donors (Lipinski definition) is 1. The number of carbonyl (C=O) groups is 1. The number of aryl methyl sites for hydroxylation is 2. The summed E-state index contributed by atoms with van der Waals surface area (Å²) in [5, 5.41) is 10.7. The zero-order valence-corrected chi connectivity index (χ0v) is 11.3. The molecular formula is C12H14ClN5O. The van der Waals surface area contributed by atoms with Crippen LogP contribution in [0.15, 0.2) is 24.5 Å². The first-order valence-electron chi connectivity index (χ1n) is 5.91. The van der Waals surface area contributed by atoms with Crippen LogP contribution in [0, 0.1) is 6.92 Å². The number of hydrogen-bond acceptors (Lipinski definition) is 4. The van der Waals surface area contributed by atoms with E-state index in [9.17, 15) is 4.79 Å². The molecule has 0 atom stereocenters. The summed E-state index contributed by atoms with van der Waals surface area (Å²) in [7, 11) is 0. The predicted molar refractivity (Wildman–Crippen MR) is 71.0 cm³/mol. The lowest BCUT2D eigenvalue weighted by Gasteiger charge is -2.06. The van der Waals surface area contributed by atoms with Gasteiger partial charge in [-0.3, -0.25) is 9.48 Å². The number of amides is 1. The van der Waals surface area contributed by atoms with E-state index in [1.165, 1.54) is 0 Å². The van der Waals surface area contributed by atoms with Gasteiger partial charge in [-0.1, -0.05) is 16.8 Å². The first kappa shape index (κ1) is 13.5. The van der Waals surface area contributed by atoms with E-state index < -0.39 is 0 Å². The van der Waals surface area contributed by atoms with Gasteiger partial charge >= 0.3 is 0 Å². The maximum Gasteiger partial charge on any atom is 0.251 e. The normalized spacial score (nSPS) is 10.4. The van der Waals surface area contributed by atoms with Gasteiger partial charge in [0.25, 0.3) is 5.91 Å². The van der Waals surface area contributed by atoms with Gasteiger partial charge in [-0.05, 0) is 25.5 Å². The average molecular weight is 280 g/mol. The number of carbonyl (C=O) groups excluding carboxylic acids is 1. The molecule has 0 aromatic carbocycles. The van der Waals surface area contributed by atoms with Crippen LogP contribution in [0.5, 0.6) is 0 Å². The van der Waals surface area contributed by atoms with E-state index in [2.05, 4.69) is 20.6 Å². The molecule has 1 N–H and O–H groups in total. The first-order valence-corrected chi connectivity index (χ1v) is 6.29. The topological polar surface area (TPSA) is 72.7 Å². The summed E-state index contributed by atoms with van der Waals surface area (Å²) in [4.78, 5) is 15.9. The molecule has 7 heteroatoms. The number of aromatic nitrogens is 4. The van der Waals surface area contributed by atoms with Gasteiger partial charge in [0.05, 0.1) is 6.20 Å². The summed E-state index contributed by atoms with van der Waals surface area (Å²) in [6, 6.07) is 3.26. The number of halogens is 1. The fourth-order valence-corrected chi connectivity index (χ4v) is 1.91. The Bertz CT molecular complexity index is 535. The highest BCUT2D eigenvalue weighted by Crippen LogP contribution is 2.10. The van der Waals surface area contributed by atoms with Gasteiger partial charge in [0.1, 0.15) is 5.15 Å². The van der Waals surface area contributed by atoms with Crippen LogP contribution in [0.25, 0.3) is 0 Å². The summed E-state index contributed by atoms with van der Waals surface area (Å²) in [6.07, 6.45) is 4.20. The molecule has 0 radical (unpaired) electrons. The summed E-state index contributed by atoms with van der Waals surface area (Å²) >= 11 is 5.81. The van der Waals surface area contributed by atoms with Crippen molar-refractivity contribution in [2.45, 2.75) is 19.9 Å². The van der Waals surface area contributed by atoms with Crippen LogP contribution in [0.2, 0.25) is 5.15 Å². The quantitative estimate of drug-likeness (QED) is 0.664. The average Bonchev–Trinajstić information content (AvgIpc) is 2.86. The van der Waals surface area contributed by atoms with Crippen LogP contribution in [-0.2, 0) is 6.54 Å². The second-order valence-electron chi connectivity index (χ2n) is 4.10. The Morgan fingerprint density at radius 3 is 3.00 bits per heavy atom. The zero-order chi connectivity index (χ0) is 13.7. The minimum absolute atomic E-state index is 0.147. The third-order valence-corrected chi connectivity index (χ3v) is 2.70. The van der Waals surface area contributed by atoms with Crippen molar-refractivity contribution >= 4 is 17.5 Å². The largest absolute Gasteiger partial charge is 0.352 e. The van der Waals surface area contributed by atoms with Crippen LogP contribution >= 0.6 is 11.6 Å². The lowest BCUT2D eigenvalue weighted by atomic mass is 10.2. The van der Waals surface area contributed by atoms with Crippen LogP contribution in [0.4, 0.5) is 0 Å². The van der Waals surface area contributed by atoms with Gasteiger partial charge in [-0.15, -0.1) is 5.10 Å². The molecule has 0 unspecified atom stereocenters. The Morgan fingerprint density at radius 1 is 1.47 bits per heavy atom.